The van der Waals surface area contributed by atoms with Crippen molar-refractivity contribution in [1.29, 1.82) is 0 Å². The van der Waals surface area contributed by atoms with E-state index >= 15 is 0 Å². The number of rotatable bonds is 6. The summed E-state index contributed by atoms with van der Waals surface area (Å²) in [5.74, 6) is 0.595. The Kier molecular flexibility index (Phi) is 10.1. The summed E-state index contributed by atoms with van der Waals surface area (Å²) in [6, 6.07) is 8.27. The van der Waals surface area contributed by atoms with Gasteiger partial charge < -0.3 is 4.74 Å². The van der Waals surface area contributed by atoms with Gasteiger partial charge in [-0.1, -0.05) is 62.9 Å². The molecule has 1 rings (SSSR count). The highest BCUT2D eigenvalue weighted by Gasteiger charge is 1.96. The van der Waals surface area contributed by atoms with E-state index in [4.69, 9.17) is 4.74 Å². The third-order valence-corrected chi connectivity index (χ3v) is 2.80. The van der Waals surface area contributed by atoms with E-state index in [0.717, 1.165) is 16.8 Å². The first kappa shape index (κ1) is 19.7. The van der Waals surface area contributed by atoms with Gasteiger partial charge in [-0.05, 0) is 37.1 Å². The van der Waals surface area contributed by atoms with Gasteiger partial charge in [-0.3, -0.25) is 4.99 Å². The molecule has 0 atom stereocenters. The van der Waals surface area contributed by atoms with Crippen molar-refractivity contribution in [2.75, 3.05) is 7.11 Å². The first-order chi connectivity index (χ1) is 10.6. The molecule has 0 fully saturated rings. The largest absolute Gasteiger partial charge is 0.497 e. The lowest BCUT2D eigenvalue weighted by Gasteiger charge is -2.01. The number of aryl methyl sites for hydroxylation is 1. The number of hydrogen-bond acceptors (Lipinski definition) is 2. The molecule has 0 aliphatic heterocycles. The molecule has 2 nitrogen and oxygen atoms in total. The molecular formula is C20H27NO. The number of ether oxygens (including phenoxy) is 1. The second-order valence-electron chi connectivity index (χ2n) is 4.42. The maximum absolute atomic E-state index is 4.97. The Morgan fingerprint density at radius 2 is 1.91 bits per heavy atom. The minimum atomic E-state index is 0.595. The van der Waals surface area contributed by atoms with Crippen molar-refractivity contribution in [3.63, 3.8) is 0 Å². The highest BCUT2D eigenvalue weighted by atomic mass is 16.5. The van der Waals surface area contributed by atoms with Crippen molar-refractivity contribution in [3.05, 3.63) is 84.3 Å². The molecule has 0 saturated heterocycles. The molecule has 2 heteroatoms. The van der Waals surface area contributed by atoms with Crippen LogP contribution in [0.15, 0.2) is 78.2 Å². The van der Waals surface area contributed by atoms with Crippen LogP contribution in [0, 0.1) is 6.92 Å². The van der Waals surface area contributed by atoms with Crippen LogP contribution in [0.3, 0.4) is 0 Å². The topological polar surface area (TPSA) is 21.6 Å². The molecule has 0 N–H and O–H groups in total. The van der Waals surface area contributed by atoms with Crippen LogP contribution >= 0.6 is 0 Å². The van der Waals surface area contributed by atoms with Crippen molar-refractivity contribution in [1.82, 2.24) is 0 Å². The Hall–Kier alpha value is -2.35. The van der Waals surface area contributed by atoms with Gasteiger partial charge in [-0.2, -0.15) is 0 Å². The Bertz CT molecular complexity index is 577. The van der Waals surface area contributed by atoms with E-state index in [-0.39, 0.29) is 0 Å². The summed E-state index contributed by atoms with van der Waals surface area (Å²) in [4.78, 5) is 4.47. The van der Waals surface area contributed by atoms with Crippen LogP contribution in [0.25, 0.3) is 0 Å². The van der Waals surface area contributed by atoms with Gasteiger partial charge in [0.05, 0.1) is 7.11 Å². The van der Waals surface area contributed by atoms with Crippen LogP contribution in [0.5, 0.6) is 0 Å². The molecule has 0 aliphatic rings. The number of benzene rings is 1. The number of hydrogen-bond donors (Lipinski definition) is 0. The molecule has 0 heterocycles. The monoisotopic (exact) mass is 297 g/mol. The van der Waals surface area contributed by atoms with Gasteiger partial charge in [0.2, 0.25) is 0 Å². The Morgan fingerprint density at radius 3 is 2.45 bits per heavy atom. The maximum atomic E-state index is 4.97. The Labute approximate surface area is 135 Å². The normalized spacial score (nSPS) is 11.7. The van der Waals surface area contributed by atoms with Crippen molar-refractivity contribution in [2.24, 2.45) is 4.99 Å². The van der Waals surface area contributed by atoms with Gasteiger partial charge in [0.25, 0.3) is 0 Å². The predicted molar refractivity (Wildman–Crippen MR) is 98.3 cm³/mol. The summed E-state index contributed by atoms with van der Waals surface area (Å²) >= 11 is 0. The average molecular weight is 297 g/mol. The van der Waals surface area contributed by atoms with Crippen LogP contribution in [-0.2, 0) is 4.74 Å². The zero-order valence-corrected chi connectivity index (χ0v) is 14.4. The second-order valence-corrected chi connectivity index (χ2v) is 4.42. The summed E-state index contributed by atoms with van der Waals surface area (Å²) in [5.41, 5.74) is 4.21. The molecule has 1 aromatic carbocycles. The van der Waals surface area contributed by atoms with Gasteiger partial charge in [0, 0.05) is 11.9 Å². The Balaban J connectivity index is 0.00000211. The van der Waals surface area contributed by atoms with Crippen LogP contribution in [0.1, 0.15) is 31.9 Å². The number of allylic oxidation sites excluding steroid dienone is 4. The van der Waals surface area contributed by atoms with E-state index in [9.17, 15) is 0 Å². The van der Waals surface area contributed by atoms with Gasteiger partial charge in [0.1, 0.15) is 5.76 Å². The van der Waals surface area contributed by atoms with Crippen molar-refractivity contribution < 1.29 is 4.74 Å². The van der Waals surface area contributed by atoms with Crippen LogP contribution in [0.2, 0.25) is 0 Å². The minimum absolute atomic E-state index is 0.595. The molecule has 0 spiro atoms. The zero-order chi connectivity index (χ0) is 17.0. The van der Waals surface area contributed by atoms with E-state index in [1.807, 2.05) is 32.9 Å². The minimum Gasteiger partial charge on any atom is -0.497 e. The fourth-order valence-corrected chi connectivity index (χ4v) is 1.54. The third kappa shape index (κ3) is 7.44. The SMILES string of the molecule is C=CC(/C=C/C(=C)OC)=C\N=C(C)c1cccc(C)c1.CC. The van der Waals surface area contributed by atoms with E-state index in [0.29, 0.717) is 5.76 Å². The predicted octanol–water partition coefficient (Wildman–Crippen LogP) is 5.62. The van der Waals surface area contributed by atoms with Gasteiger partial charge >= 0.3 is 0 Å². The first-order valence-electron chi connectivity index (χ1n) is 7.42. The number of nitrogens with zero attached hydrogens (tertiary/aromatic N) is 1. The highest BCUT2D eigenvalue weighted by Crippen LogP contribution is 2.07. The van der Waals surface area contributed by atoms with Crippen molar-refractivity contribution >= 4 is 5.71 Å². The summed E-state index contributed by atoms with van der Waals surface area (Å²) in [7, 11) is 1.59. The Morgan fingerprint density at radius 1 is 1.23 bits per heavy atom. The molecule has 118 valence electrons. The van der Waals surface area contributed by atoms with E-state index in [2.05, 4.69) is 43.3 Å². The van der Waals surface area contributed by atoms with Gasteiger partial charge in [-0.15, -0.1) is 0 Å². The zero-order valence-electron chi connectivity index (χ0n) is 14.4. The molecule has 0 saturated carbocycles. The molecular weight excluding hydrogens is 270 g/mol. The highest BCUT2D eigenvalue weighted by molar-refractivity contribution is 5.99. The lowest BCUT2D eigenvalue weighted by Crippen LogP contribution is -1.93. The van der Waals surface area contributed by atoms with Crippen LogP contribution in [0.4, 0.5) is 0 Å². The third-order valence-electron chi connectivity index (χ3n) is 2.80. The van der Waals surface area contributed by atoms with Crippen molar-refractivity contribution in [2.45, 2.75) is 27.7 Å². The summed E-state index contributed by atoms with van der Waals surface area (Å²) < 4.78 is 4.97. The molecule has 0 bridgehead atoms. The number of aliphatic imine (C=N–C) groups is 1. The fourth-order valence-electron chi connectivity index (χ4n) is 1.54. The smallest absolute Gasteiger partial charge is 0.111 e. The fraction of sp³-hybridized carbons (Fsp3) is 0.250. The standard InChI is InChI=1S/C18H21NO.C2H6/c1-6-17(11-10-15(3)20-5)13-19-16(4)18-9-7-8-14(2)12-18;1-2/h6-13H,1,3H2,2,4-5H3;1-2H3/b11-10+,17-13+,19-16?;. The van der Waals surface area contributed by atoms with E-state index in [1.54, 1.807) is 25.5 Å². The molecule has 0 unspecified atom stereocenters. The lowest BCUT2D eigenvalue weighted by molar-refractivity contribution is 0.309. The van der Waals surface area contributed by atoms with E-state index < -0.39 is 0 Å². The maximum Gasteiger partial charge on any atom is 0.111 e. The summed E-state index contributed by atoms with van der Waals surface area (Å²) in [5, 5.41) is 0. The van der Waals surface area contributed by atoms with Crippen molar-refractivity contribution in [3.8, 4) is 0 Å². The van der Waals surface area contributed by atoms with E-state index in [1.165, 1.54) is 5.56 Å². The summed E-state index contributed by atoms with van der Waals surface area (Å²) in [6.07, 6.45) is 7.17. The molecule has 0 aromatic heterocycles. The molecule has 0 radical (unpaired) electrons. The summed E-state index contributed by atoms with van der Waals surface area (Å²) in [6.45, 7) is 15.6. The van der Waals surface area contributed by atoms with Crippen LogP contribution < -0.4 is 0 Å². The molecule has 0 aliphatic carbocycles. The lowest BCUT2D eigenvalue weighted by atomic mass is 10.1. The average Bonchev–Trinajstić information content (AvgIpc) is 2.56. The van der Waals surface area contributed by atoms with Crippen LogP contribution in [-0.4, -0.2) is 12.8 Å². The molecule has 0 amide bonds. The van der Waals surface area contributed by atoms with Gasteiger partial charge in [-0.25, -0.2) is 0 Å². The number of methoxy groups -OCH3 is 1. The molecule has 1 aromatic rings. The molecule has 22 heavy (non-hydrogen) atoms. The second kappa shape index (κ2) is 11.3. The quantitative estimate of drug-likeness (QED) is 0.379. The van der Waals surface area contributed by atoms with Gasteiger partial charge in [0.15, 0.2) is 0 Å². The first-order valence-corrected chi connectivity index (χ1v) is 7.42.